The first-order valence-electron chi connectivity index (χ1n) is 9.37. The van der Waals surface area contributed by atoms with Gasteiger partial charge < -0.3 is 9.88 Å². The summed E-state index contributed by atoms with van der Waals surface area (Å²) in [6.07, 6.45) is -0.00475. The average Bonchev–Trinajstić information content (AvgIpc) is 3.28. The van der Waals surface area contributed by atoms with Gasteiger partial charge in [-0.25, -0.2) is 4.98 Å². The molecule has 2 aromatic carbocycles. The van der Waals surface area contributed by atoms with Gasteiger partial charge >= 0.3 is 0 Å². The normalized spacial score (nSPS) is 10.9. The summed E-state index contributed by atoms with van der Waals surface area (Å²) in [4.78, 5) is 41.3. The Kier molecular flexibility index (Phi) is 5.88. The molecule has 2 aromatic heterocycles. The van der Waals surface area contributed by atoms with Crippen LogP contribution in [0.3, 0.4) is 0 Å². The number of amides is 3. The number of rotatable bonds is 5. The van der Waals surface area contributed by atoms with E-state index in [0.717, 1.165) is 21.1 Å². The van der Waals surface area contributed by atoms with Crippen molar-refractivity contribution >= 4 is 61.8 Å². The molecule has 0 atom stereocenters. The van der Waals surface area contributed by atoms with Crippen molar-refractivity contribution in [3.8, 4) is 0 Å². The van der Waals surface area contributed by atoms with E-state index in [1.54, 1.807) is 0 Å². The fourth-order valence-corrected chi connectivity index (χ4v) is 4.56. The minimum Gasteiger partial charge on any atom is -0.342 e. The third-order valence-electron chi connectivity index (χ3n) is 4.69. The maximum atomic E-state index is 12.4. The molecular formula is C21H18ClN5O3S. The Bertz CT molecular complexity index is 1310. The predicted molar refractivity (Wildman–Crippen MR) is 120 cm³/mol. The second-order valence-electron chi connectivity index (χ2n) is 6.77. The zero-order valence-corrected chi connectivity index (χ0v) is 18.0. The van der Waals surface area contributed by atoms with Crippen LogP contribution in [0.2, 0.25) is 5.02 Å². The number of hydrazine groups is 1. The lowest BCUT2D eigenvalue weighted by molar-refractivity contribution is -0.128. The zero-order chi connectivity index (χ0) is 22.0. The Morgan fingerprint density at radius 1 is 1.03 bits per heavy atom. The Balaban J connectivity index is 1.28. The summed E-state index contributed by atoms with van der Waals surface area (Å²) in [5.41, 5.74) is 6.32. The van der Waals surface area contributed by atoms with Gasteiger partial charge in [0.05, 0.1) is 29.0 Å². The van der Waals surface area contributed by atoms with E-state index in [-0.39, 0.29) is 13.0 Å². The highest BCUT2D eigenvalue weighted by atomic mass is 35.5. The molecule has 10 heteroatoms. The molecule has 8 nitrogen and oxygen atoms in total. The molecule has 3 amide bonds. The highest BCUT2D eigenvalue weighted by Crippen LogP contribution is 2.34. The van der Waals surface area contributed by atoms with Gasteiger partial charge in [0.25, 0.3) is 11.8 Å². The minimum absolute atomic E-state index is 0.00475. The van der Waals surface area contributed by atoms with E-state index < -0.39 is 17.7 Å². The highest BCUT2D eigenvalue weighted by Gasteiger charge is 2.18. The minimum atomic E-state index is -0.566. The summed E-state index contributed by atoms with van der Waals surface area (Å²) in [5, 5.41) is 3.65. The van der Waals surface area contributed by atoms with E-state index in [1.807, 2.05) is 60.1 Å². The monoisotopic (exact) mass is 455 g/mol. The maximum Gasteiger partial charge on any atom is 0.263 e. The van der Waals surface area contributed by atoms with E-state index in [1.165, 1.54) is 11.3 Å². The number of nitrogens with zero attached hydrogens (tertiary/aromatic N) is 2. The fraction of sp³-hybridized carbons (Fsp3) is 0.143. The molecular weight excluding hydrogens is 438 g/mol. The molecule has 0 saturated carbocycles. The predicted octanol–water partition coefficient (Wildman–Crippen LogP) is 2.56. The Morgan fingerprint density at radius 3 is 2.52 bits per heavy atom. The van der Waals surface area contributed by atoms with E-state index >= 15 is 0 Å². The number of imidazole rings is 1. The summed E-state index contributed by atoms with van der Waals surface area (Å²) in [6.45, 7) is -0.310. The van der Waals surface area contributed by atoms with Gasteiger partial charge in [0.2, 0.25) is 5.91 Å². The lowest BCUT2D eigenvalue weighted by Crippen LogP contribution is -2.47. The Hall–Kier alpha value is -3.43. The number of carbonyl (C=O) groups excluding carboxylic acids is 3. The summed E-state index contributed by atoms with van der Waals surface area (Å²) in [7, 11) is 1.82. The van der Waals surface area contributed by atoms with E-state index in [9.17, 15) is 14.4 Å². The Morgan fingerprint density at radius 2 is 1.74 bits per heavy atom. The molecule has 31 heavy (non-hydrogen) atoms. The van der Waals surface area contributed by atoms with Crippen LogP contribution in [0, 0.1) is 0 Å². The highest BCUT2D eigenvalue weighted by molar-refractivity contribution is 7.21. The number of thiophene rings is 1. The van der Waals surface area contributed by atoms with Crippen LogP contribution in [0.4, 0.5) is 0 Å². The van der Waals surface area contributed by atoms with Crippen molar-refractivity contribution in [1.29, 1.82) is 0 Å². The van der Waals surface area contributed by atoms with Crippen molar-refractivity contribution in [3.05, 3.63) is 64.3 Å². The van der Waals surface area contributed by atoms with Crippen molar-refractivity contribution in [2.75, 3.05) is 6.54 Å². The molecule has 2 heterocycles. The number of halogens is 1. The summed E-state index contributed by atoms with van der Waals surface area (Å²) < 4.78 is 2.71. The quantitative estimate of drug-likeness (QED) is 0.402. The van der Waals surface area contributed by atoms with Crippen LogP contribution < -0.4 is 16.2 Å². The van der Waals surface area contributed by atoms with Crippen LogP contribution in [0.5, 0.6) is 0 Å². The van der Waals surface area contributed by atoms with Gasteiger partial charge in [-0.3, -0.25) is 25.2 Å². The number of para-hydroxylation sites is 2. The standard InChI is InChI=1S/C21H18ClN5O3S/c1-27-14-8-4-3-7-13(14)24-16(27)10-17(28)25-26-18(29)11-23-21(30)20-19(22)12-6-2-5-9-15(12)31-20/h2-9H,10-11H2,1H3,(H,23,30)(H,25,28)(H,26,29). The van der Waals surface area contributed by atoms with Crippen molar-refractivity contribution in [2.24, 2.45) is 7.05 Å². The molecule has 3 N–H and O–H groups in total. The summed E-state index contributed by atoms with van der Waals surface area (Å²) >= 11 is 7.52. The van der Waals surface area contributed by atoms with Crippen LogP contribution in [-0.2, 0) is 23.1 Å². The molecule has 158 valence electrons. The van der Waals surface area contributed by atoms with Crippen molar-refractivity contribution < 1.29 is 14.4 Å². The van der Waals surface area contributed by atoms with E-state index in [4.69, 9.17) is 11.6 Å². The molecule has 0 saturated heterocycles. The van der Waals surface area contributed by atoms with E-state index in [2.05, 4.69) is 21.2 Å². The number of hydrogen-bond acceptors (Lipinski definition) is 5. The first-order chi connectivity index (χ1) is 14.9. The lowest BCUT2D eigenvalue weighted by Gasteiger charge is -2.08. The van der Waals surface area contributed by atoms with Gasteiger partial charge in [-0.15, -0.1) is 11.3 Å². The largest absolute Gasteiger partial charge is 0.342 e. The third kappa shape index (κ3) is 4.37. The van der Waals surface area contributed by atoms with Gasteiger partial charge in [0, 0.05) is 17.1 Å². The summed E-state index contributed by atoms with van der Waals surface area (Å²) in [6, 6.07) is 15.0. The molecule has 0 spiro atoms. The fourth-order valence-electron chi connectivity index (χ4n) is 3.13. The van der Waals surface area contributed by atoms with Crippen LogP contribution in [0.25, 0.3) is 21.1 Å². The molecule has 0 aliphatic carbocycles. The van der Waals surface area contributed by atoms with Crippen LogP contribution >= 0.6 is 22.9 Å². The molecule has 0 unspecified atom stereocenters. The van der Waals surface area contributed by atoms with Gasteiger partial charge in [0.1, 0.15) is 10.7 Å². The lowest BCUT2D eigenvalue weighted by atomic mass is 10.2. The Labute approximate surface area is 186 Å². The number of carbonyl (C=O) groups is 3. The number of fused-ring (bicyclic) bond motifs is 2. The topological polar surface area (TPSA) is 105 Å². The molecule has 0 fully saturated rings. The number of hydrogen-bond donors (Lipinski definition) is 3. The SMILES string of the molecule is Cn1c(CC(=O)NNC(=O)CNC(=O)c2sc3ccccc3c2Cl)nc2ccccc21. The average molecular weight is 456 g/mol. The molecule has 0 radical (unpaired) electrons. The second kappa shape index (κ2) is 8.75. The van der Waals surface area contributed by atoms with Crippen LogP contribution in [0.15, 0.2) is 48.5 Å². The maximum absolute atomic E-state index is 12.4. The molecule has 0 aliphatic rings. The first kappa shape index (κ1) is 20.8. The van der Waals surface area contributed by atoms with Crippen LogP contribution in [0.1, 0.15) is 15.5 Å². The number of aromatic nitrogens is 2. The van der Waals surface area contributed by atoms with E-state index in [0.29, 0.717) is 15.7 Å². The van der Waals surface area contributed by atoms with Crippen LogP contribution in [-0.4, -0.2) is 33.8 Å². The van der Waals surface area contributed by atoms with Crippen molar-refractivity contribution in [1.82, 2.24) is 25.7 Å². The molecule has 4 rings (SSSR count). The smallest absolute Gasteiger partial charge is 0.263 e. The van der Waals surface area contributed by atoms with Crippen molar-refractivity contribution in [2.45, 2.75) is 6.42 Å². The number of aryl methyl sites for hydroxylation is 1. The van der Waals surface area contributed by atoms with Gasteiger partial charge in [-0.1, -0.05) is 41.9 Å². The zero-order valence-electron chi connectivity index (χ0n) is 16.4. The van der Waals surface area contributed by atoms with Gasteiger partial charge in [0.15, 0.2) is 0 Å². The third-order valence-corrected chi connectivity index (χ3v) is 6.36. The molecule has 4 aromatic rings. The molecule has 0 bridgehead atoms. The van der Waals surface area contributed by atoms with Gasteiger partial charge in [-0.05, 0) is 18.2 Å². The first-order valence-corrected chi connectivity index (χ1v) is 10.6. The number of nitrogens with one attached hydrogen (secondary N) is 3. The van der Waals surface area contributed by atoms with Gasteiger partial charge in [-0.2, -0.15) is 0 Å². The second-order valence-corrected chi connectivity index (χ2v) is 8.20. The number of benzene rings is 2. The van der Waals surface area contributed by atoms with Crippen molar-refractivity contribution in [3.63, 3.8) is 0 Å². The molecule has 0 aliphatic heterocycles. The summed E-state index contributed by atoms with van der Waals surface area (Å²) in [5.74, 6) is -0.873.